The Morgan fingerprint density at radius 1 is 0.977 bits per heavy atom. The van der Waals surface area contributed by atoms with Crippen LogP contribution < -0.4 is 14.8 Å². The van der Waals surface area contributed by atoms with E-state index in [2.05, 4.69) is 20.1 Å². The van der Waals surface area contributed by atoms with Gasteiger partial charge < -0.3 is 14.8 Å². The fraction of sp³-hybridized carbons (Fsp3) is 0.500. The maximum atomic E-state index is 13.4. The molecule has 1 saturated heterocycles. The Balaban J connectivity index is 1.38. The molecular weight excluding hydrogens is 610 g/mol. The van der Waals surface area contributed by atoms with Crippen LogP contribution in [0.4, 0.5) is 5.69 Å². The van der Waals surface area contributed by atoms with Crippen LogP contribution in [0.1, 0.15) is 64.3 Å². The molecule has 1 aliphatic heterocycles. The van der Waals surface area contributed by atoms with Gasteiger partial charge in [0.2, 0.25) is 15.9 Å². The van der Waals surface area contributed by atoms with Crippen LogP contribution in [0.2, 0.25) is 5.02 Å². The van der Waals surface area contributed by atoms with E-state index in [1.807, 2.05) is 18.2 Å². The lowest BCUT2D eigenvalue weighted by Gasteiger charge is -2.26. The zero-order valence-electron chi connectivity index (χ0n) is 24.7. The first kappa shape index (κ1) is 31.6. The van der Waals surface area contributed by atoms with Crippen molar-refractivity contribution < 1.29 is 22.7 Å². The quantitative estimate of drug-likeness (QED) is 0.251. The minimum atomic E-state index is -3.68. The number of hydrogen-bond donors (Lipinski definition) is 1. The topological polar surface area (TPSA) is 116 Å². The molecular formula is C30H38ClN5O5S2. The molecule has 0 spiro atoms. The van der Waals surface area contributed by atoms with E-state index in [0.29, 0.717) is 35.6 Å². The molecule has 2 heterocycles. The number of piperidine rings is 1. The first-order chi connectivity index (χ1) is 20.7. The summed E-state index contributed by atoms with van der Waals surface area (Å²) >= 11 is 7.72. The predicted octanol–water partition coefficient (Wildman–Crippen LogP) is 6.41. The van der Waals surface area contributed by atoms with Gasteiger partial charge in [-0.3, -0.25) is 9.36 Å². The largest absolute Gasteiger partial charge is 0.493 e. The highest BCUT2D eigenvalue weighted by atomic mass is 35.5. The first-order valence-electron chi connectivity index (χ1n) is 14.7. The predicted molar refractivity (Wildman–Crippen MR) is 169 cm³/mol. The number of hydrogen-bond acceptors (Lipinski definition) is 8. The summed E-state index contributed by atoms with van der Waals surface area (Å²) in [6, 6.07) is 10.3. The summed E-state index contributed by atoms with van der Waals surface area (Å²) < 4.78 is 41.0. The number of nitrogens with one attached hydrogen (secondary N) is 1. The van der Waals surface area contributed by atoms with Crippen LogP contribution in [0, 0.1) is 0 Å². The summed E-state index contributed by atoms with van der Waals surface area (Å²) in [5, 5.41) is 12.3. The molecule has 0 radical (unpaired) electrons. The van der Waals surface area contributed by atoms with Crippen molar-refractivity contribution in [1.82, 2.24) is 19.1 Å². The number of carbonyl (C=O) groups is 1. The summed E-state index contributed by atoms with van der Waals surface area (Å²) in [5.41, 5.74) is 1.11. The molecule has 1 saturated carbocycles. The maximum absolute atomic E-state index is 13.4. The number of nitrogens with zero attached hydrogens (tertiary/aromatic N) is 4. The summed E-state index contributed by atoms with van der Waals surface area (Å²) in [7, 11) is -0.483. The Morgan fingerprint density at radius 2 is 1.67 bits per heavy atom. The lowest BCUT2D eigenvalue weighted by Crippen LogP contribution is -2.35. The third-order valence-corrected chi connectivity index (χ3v) is 11.3. The van der Waals surface area contributed by atoms with Crippen LogP contribution in [0.5, 0.6) is 11.5 Å². The van der Waals surface area contributed by atoms with E-state index in [0.717, 1.165) is 50.5 Å². The number of ether oxygens (including phenoxy) is 2. The Hall–Kier alpha value is -2.80. The summed E-state index contributed by atoms with van der Waals surface area (Å²) in [6.45, 7) is 2.78. The number of rotatable bonds is 10. The number of aromatic nitrogens is 3. The van der Waals surface area contributed by atoms with Gasteiger partial charge >= 0.3 is 0 Å². The Morgan fingerprint density at radius 3 is 2.37 bits per heavy atom. The molecule has 2 fully saturated rings. The standard InChI is InChI=1S/C30H38ClN5O5S2/c1-20(29(37)32-25-19-23(13-14-24(25)31)43(38,39)35-16-8-5-9-17-35)42-30-34-33-28(36(30)22-10-6-4-7-11-22)21-12-15-26(40-2)27(18-21)41-3/h12-15,18-20,22H,4-11,16-17H2,1-3H3,(H,32,37). The molecule has 10 nitrogen and oxygen atoms in total. The second-order valence-corrected chi connectivity index (χ2v) is 14.5. The second-order valence-electron chi connectivity index (χ2n) is 10.9. The van der Waals surface area contributed by atoms with Crippen molar-refractivity contribution in [1.29, 1.82) is 0 Å². The van der Waals surface area contributed by atoms with E-state index in [4.69, 9.17) is 21.1 Å². The molecule has 2 aromatic carbocycles. The molecule has 3 aromatic rings. The SMILES string of the molecule is COc1ccc(-c2nnc(SC(C)C(=O)Nc3cc(S(=O)(=O)N4CCCCC4)ccc3Cl)n2C2CCCCC2)cc1OC. The molecule has 1 unspecified atom stereocenters. The number of sulfonamides is 1. The zero-order chi connectivity index (χ0) is 30.6. The van der Waals surface area contributed by atoms with Crippen LogP contribution >= 0.6 is 23.4 Å². The Bertz CT molecular complexity index is 1550. The van der Waals surface area contributed by atoms with E-state index >= 15 is 0 Å². The zero-order valence-corrected chi connectivity index (χ0v) is 27.1. The number of methoxy groups -OCH3 is 2. The minimum absolute atomic E-state index is 0.117. The number of carbonyl (C=O) groups excluding carboxylic acids is 1. The van der Waals surface area contributed by atoms with Gasteiger partial charge in [0.1, 0.15) is 0 Å². The number of thioether (sulfide) groups is 1. The molecule has 2 aliphatic rings. The van der Waals surface area contributed by atoms with Crippen LogP contribution in [-0.2, 0) is 14.8 Å². The van der Waals surface area contributed by atoms with E-state index in [1.165, 1.54) is 40.7 Å². The van der Waals surface area contributed by atoms with E-state index in [1.54, 1.807) is 21.1 Å². The fourth-order valence-corrected chi connectivity index (χ4v) is 8.29. The van der Waals surface area contributed by atoms with Gasteiger partial charge in [-0.15, -0.1) is 10.2 Å². The molecule has 1 amide bonds. The molecule has 1 aromatic heterocycles. The number of halogens is 1. The van der Waals surface area contributed by atoms with Crippen molar-refractivity contribution in [2.45, 2.75) is 79.6 Å². The smallest absolute Gasteiger partial charge is 0.243 e. The van der Waals surface area contributed by atoms with Gasteiger partial charge in [-0.2, -0.15) is 4.31 Å². The van der Waals surface area contributed by atoms with Crippen LogP contribution in [0.3, 0.4) is 0 Å². The van der Waals surface area contributed by atoms with Crippen LogP contribution in [-0.4, -0.2) is 66.0 Å². The summed E-state index contributed by atoms with van der Waals surface area (Å²) in [6.07, 6.45) is 8.12. The highest BCUT2D eigenvalue weighted by Crippen LogP contribution is 2.39. The average Bonchev–Trinajstić information content (AvgIpc) is 3.45. The third-order valence-electron chi connectivity index (χ3n) is 8.05. The van der Waals surface area contributed by atoms with Crippen molar-refractivity contribution in [3.63, 3.8) is 0 Å². The van der Waals surface area contributed by atoms with E-state index in [-0.39, 0.29) is 27.6 Å². The van der Waals surface area contributed by atoms with Crippen LogP contribution in [0.15, 0.2) is 46.5 Å². The van der Waals surface area contributed by atoms with Crippen molar-refractivity contribution in [2.75, 3.05) is 32.6 Å². The van der Waals surface area contributed by atoms with Crippen molar-refractivity contribution >= 4 is 45.0 Å². The van der Waals surface area contributed by atoms with E-state index in [9.17, 15) is 13.2 Å². The van der Waals surface area contributed by atoms with Gasteiger partial charge in [-0.1, -0.05) is 49.0 Å². The number of amides is 1. The minimum Gasteiger partial charge on any atom is -0.493 e. The summed E-state index contributed by atoms with van der Waals surface area (Å²) in [5.74, 6) is 1.62. The molecule has 232 valence electrons. The van der Waals surface area contributed by atoms with Gasteiger partial charge in [0.15, 0.2) is 22.5 Å². The van der Waals surface area contributed by atoms with Gasteiger partial charge in [-0.05, 0) is 69.0 Å². The van der Waals surface area contributed by atoms with Crippen molar-refractivity contribution in [3.8, 4) is 22.9 Å². The molecule has 1 N–H and O–H groups in total. The van der Waals surface area contributed by atoms with Gasteiger partial charge in [0, 0.05) is 24.7 Å². The second kappa shape index (κ2) is 13.9. The van der Waals surface area contributed by atoms with Gasteiger partial charge in [0.05, 0.1) is 35.1 Å². The Labute approximate surface area is 262 Å². The maximum Gasteiger partial charge on any atom is 0.243 e. The third kappa shape index (κ3) is 6.97. The molecule has 1 atom stereocenters. The van der Waals surface area contributed by atoms with Gasteiger partial charge in [0.25, 0.3) is 0 Å². The molecule has 43 heavy (non-hydrogen) atoms. The fourth-order valence-electron chi connectivity index (χ4n) is 5.66. The molecule has 1 aliphatic carbocycles. The lowest BCUT2D eigenvalue weighted by atomic mass is 9.95. The number of benzene rings is 2. The van der Waals surface area contributed by atoms with Crippen molar-refractivity contribution in [3.05, 3.63) is 41.4 Å². The normalized spacial score (nSPS) is 17.4. The van der Waals surface area contributed by atoms with Crippen molar-refractivity contribution in [2.24, 2.45) is 0 Å². The van der Waals surface area contributed by atoms with Gasteiger partial charge in [-0.25, -0.2) is 8.42 Å². The molecule has 5 rings (SSSR count). The lowest BCUT2D eigenvalue weighted by molar-refractivity contribution is -0.115. The summed E-state index contributed by atoms with van der Waals surface area (Å²) in [4.78, 5) is 13.5. The first-order valence-corrected chi connectivity index (χ1v) is 17.4. The monoisotopic (exact) mass is 647 g/mol. The van der Waals surface area contributed by atoms with E-state index < -0.39 is 15.3 Å². The highest BCUT2D eigenvalue weighted by Gasteiger charge is 2.29. The average molecular weight is 648 g/mol. The molecule has 0 bridgehead atoms. The molecule has 13 heteroatoms. The highest BCUT2D eigenvalue weighted by molar-refractivity contribution is 8.00. The number of anilines is 1. The Kier molecular flexibility index (Phi) is 10.2. The van der Waals surface area contributed by atoms with Crippen LogP contribution in [0.25, 0.3) is 11.4 Å².